The molecule has 2 aromatic heterocycles. The van der Waals surface area contributed by atoms with Crippen molar-refractivity contribution in [1.29, 1.82) is 0 Å². The Bertz CT molecular complexity index is 688. The molecule has 3 saturated heterocycles. The maximum absolute atomic E-state index is 5.29. The first-order valence-electron chi connectivity index (χ1n) is 8.43. The van der Waals surface area contributed by atoms with Crippen LogP contribution >= 0.6 is 11.3 Å². The van der Waals surface area contributed by atoms with Gasteiger partial charge in [0.15, 0.2) is 0 Å². The van der Waals surface area contributed by atoms with E-state index in [1.165, 1.54) is 29.6 Å². The predicted octanol–water partition coefficient (Wildman–Crippen LogP) is 2.55. The summed E-state index contributed by atoms with van der Waals surface area (Å²) in [7, 11) is 1.79. The Kier molecular flexibility index (Phi) is 4.22. The van der Waals surface area contributed by atoms with E-state index in [0.717, 1.165) is 43.5 Å². The van der Waals surface area contributed by atoms with E-state index in [2.05, 4.69) is 32.1 Å². The lowest BCUT2D eigenvalue weighted by Crippen LogP contribution is -2.45. The van der Waals surface area contributed by atoms with Gasteiger partial charge in [-0.1, -0.05) is 0 Å². The molecule has 0 spiro atoms. The molecule has 2 atom stereocenters. The van der Waals surface area contributed by atoms with Crippen molar-refractivity contribution in [2.24, 2.45) is 5.92 Å². The topological polar surface area (TPSA) is 41.5 Å². The Balaban J connectivity index is 1.62. The van der Waals surface area contributed by atoms with Crippen LogP contribution in [-0.4, -0.2) is 60.8 Å². The van der Waals surface area contributed by atoms with Crippen LogP contribution in [0.15, 0.2) is 11.7 Å². The van der Waals surface area contributed by atoms with Gasteiger partial charge in [-0.3, -0.25) is 4.90 Å². The zero-order chi connectivity index (χ0) is 15.8. The van der Waals surface area contributed by atoms with Gasteiger partial charge in [0.25, 0.3) is 0 Å². The lowest BCUT2D eigenvalue weighted by molar-refractivity contribution is 0.0889. The van der Waals surface area contributed by atoms with Gasteiger partial charge in [0.05, 0.1) is 16.8 Å². The van der Waals surface area contributed by atoms with Gasteiger partial charge in [-0.25, -0.2) is 9.97 Å². The van der Waals surface area contributed by atoms with E-state index in [-0.39, 0.29) is 0 Å². The molecule has 5 heterocycles. The third-order valence-electron chi connectivity index (χ3n) is 5.22. The van der Waals surface area contributed by atoms with Crippen LogP contribution in [0.3, 0.4) is 0 Å². The third kappa shape index (κ3) is 2.84. The Labute approximate surface area is 141 Å². The molecule has 0 radical (unpaired) electrons. The molecule has 5 rings (SSSR count). The van der Waals surface area contributed by atoms with E-state index in [9.17, 15) is 0 Å². The molecule has 0 amide bonds. The van der Waals surface area contributed by atoms with Crippen molar-refractivity contribution < 1.29 is 4.74 Å². The van der Waals surface area contributed by atoms with Gasteiger partial charge in [0.2, 0.25) is 0 Å². The van der Waals surface area contributed by atoms with E-state index < -0.39 is 0 Å². The van der Waals surface area contributed by atoms with Crippen molar-refractivity contribution >= 4 is 27.4 Å². The van der Waals surface area contributed by atoms with Crippen molar-refractivity contribution in [3.63, 3.8) is 0 Å². The van der Waals surface area contributed by atoms with Gasteiger partial charge in [0.1, 0.15) is 12.1 Å². The number of fused-ring (bicyclic) bond motifs is 5. The van der Waals surface area contributed by atoms with E-state index in [1.807, 2.05) is 0 Å². The van der Waals surface area contributed by atoms with Gasteiger partial charge >= 0.3 is 0 Å². The largest absolute Gasteiger partial charge is 0.383 e. The highest BCUT2D eigenvalue weighted by atomic mass is 32.1. The van der Waals surface area contributed by atoms with Crippen molar-refractivity contribution in [3.8, 4) is 0 Å². The summed E-state index contributed by atoms with van der Waals surface area (Å²) in [6.07, 6.45) is 4.36. The van der Waals surface area contributed by atoms with Crippen LogP contribution in [0.5, 0.6) is 0 Å². The van der Waals surface area contributed by atoms with Gasteiger partial charge in [-0.2, -0.15) is 0 Å². The minimum atomic E-state index is 0.620. The first kappa shape index (κ1) is 15.3. The molecular formula is C17H24N4OS. The van der Waals surface area contributed by atoms with Crippen LogP contribution in [0.25, 0.3) is 10.2 Å². The Hall–Kier alpha value is -1.24. The first-order chi connectivity index (χ1) is 11.3. The van der Waals surface area contributed by atoms with Crippen molar-refractivity contribution in [3.05, 3.63) is 17.3 Å². The minimum absolute atomic E-state index is 0.620. The van der Waals surface area contributed by atoms with Crippen molar-refractivity contribution in [1.82, 2.24) is 14.9 Å². The van der Waals surface area contributed by atoms with Crippen LogP contribution in [0, 0.1) is 12.8 Å². The number of aryl methyl sites for hydroxylation is 1. The number of nitrogens with zero attached hydrogens (tertiary/aromatic N) is 4. The molecule has 0 saturated carbocycles. The molecule has 0 aliphatic carbocycles. The zero-order valence-electron chi connectivity index (χ0n) is 13.9. The van der Waals surface area contributed by atoms with Gasteiger partial charge in [-0.05, 0) is 36.6 Å². The summed E-state index contributed by atoms with van der Waals surface area (Å²) in [4.78, 5) is 14.3. The van der Waals surface area contributed by atoms with E-state index in [1.54, 1.807) is 24.8 Å². The summed E-state index contributed by atoms with van der Waals surface area (Å²) >= 11 is 1.78. The average molecular weight is 332 g/mol. The molecule has 23 heavy (non-hydrogen) atoms. The normalized spacial score (nSPS) is 25.2. The minimum Gasteiger partial charge on any atom is -0.383 e. The summed E-state index contributed by atoms with van der Waals surface area (Å²) in [6, 6.07) is 0.620. The number of ether oxygens (including phenoxy) is 1. The Morgan fingerprint density at radius 2 is 2.17 bits per heavy atom. The number of thiophene rings is 1. The predicted molar refractivity (Wildman–Crippen MR) is 94.3 cm³/mol. The highest BCUT2D eigenvalue weighted by Crippen LogP contribution is 2.35. The maximum Gasteiger partial charge on any atom is 0.150 e. The molecular weight excluding hydrogens is 308 g/mol. The summed E-state index contributed by atoms with van der Waals surface area (Å²) < 4.78 is 6.54. The lowest BCUT2D eigenvalue weighted by atomic mass is 9.95. The fourth-order valence-corrected chi connectivity index (χ4v) is 5.04. The number of piperidine rings is 1. The number of aromatic nitrogens is 2. The maximum atomic E-state index is 5.29. The molecule has 6 heteroatoms. The van der Waals surface area contributed by atoms with Crippen LogP contribution in [-0.2, 0) is 4.74 Å². The highest BCUT2D eigenvalue weighted by molar-refractivity contribution is 7.18. The molecule has 3 aliphatic rings. The summed E-state index contributed by atoms with van der Waals surface area (Å²) in [5, 5.41) is 2.19. The molecule has 2 bridgehead atoms. The Morgan fingerprint density at radius 1 is 1.26 bits per heavy atom. The van der Waals surface area contributed by atoms with Crippen LogP contribution < -0.4 is 4.90 Å². The highest BCUT2D eigenvalue weighted by Gasteiger charge is 2.35. The van der Waals surface area contributed by atoms with E-state index >= 15 is 0 Å². The average Bonchev–Trinajstić information content (AvgIpc) is 2.75. The second-order valence-electron chi connectivity index (χ2n) is 6.78. The van der Waals surface area contributed by atoms with Gasteiger partial charge < -0.3 is 9.64 Å². The van der Waals surface area contributed by atoms with Crippen molar-refractivity contribution in [2.45, 2.75) is 25.8 Å². The molecule has 0 unspecified atom stereocenters. The SMILES string of the molecule is COCCN1C[C@H]2CC[C@@H]1CN(c1ncnc3c(C)csc13)C2. The summed E-state index contributed by atoms with van der Waals surface area (Å²) in [5.41, 5.74) is 2.38. The zero-order valence-corrected chi connectivity index (χ0v) is 14.7. The fraction of sp³-hybridized carbons (Fsp3) is 0.647. The Morgan fingerprint density at radius 3 is 3.04 bits per heavy atom. The first-order valence-corrected chi connectivity index (χ1v) is 9.31. The second-order valence-corrected chi connectivity index (χ2v) is 7.66. The molecule has 124 valence electrons. The molecule has 2 aromatic rings. The molecule has 3 fully saturated rings. The number of anilines is 1. The molecule has 3 aliphatic heterocycles. The van der Waals surface area contributed by atoms with E-state index in [0.29, 0.717) is 6.04 Å². The number of hydrogen-bond acceptors (Lipinski definition) is 6. The number of hydrogen-bond donors (Lipinski definition) is 0. The summed E-state index contributed by atoms with van der Waals surface area (Å²) in [6.45, 7) is 7.39. The molecule has 0 N–H and O–H groups in total. The second kappa shape index (κ2) is 6.34. The summed E-state index contributed by atoms with van der Waals surface area (Å²) in [5.74, 6) is 1.87. The van der Waals surface area contributed by atoms with Gasteiger partial charge in [-0.15, -0.1) is 11.3 Å². The fourth-order valence-electron chi connectivity index (χ4n) is 4.02. The van der Waals surface area contributed by atoms with Crippen LogP contribution in [0.2, 0.25) is 0 Å². The third-order valence-corrected chi connectivity index (χ3v) is 6.30. The van der Waals surface area contributed by atoms with Crippen LogP contribution in [0.4, 0.5) is 5.82 Å². The molecule has 5 nitrogen and oxygen atoms in total. The molecule has 0 aromatic carbocycles. The van der Waals surface area contributed by atoms with Crippen LogP contribution in [0.1, 0.15) is 18.4 Å². The number of rotatable bonds is 4. The number of methoxy groups -OCH3 is 1. The lowest BCUT2D eigenvalue weighted by Gasteiger charge is -2.35. The monoisotopic (exact) mass is 332 g/mol. The van der Waals surface area contributed by atoms with Gasteiger partial charge in [0, 0.05) is 39.3 Å². The standard InChI is InChI=1S/C17H24N4OS/c1-12-10-23-16-15(12)18-11-19-17(16)21-8-13-3-4-14(9-21)20(7-13)5-6-22-2/h10-11,13-14H,3-9H2,1-2H3/t13-,14-/m1/s1. The van der Waals surface area contributed by atoms with E-state index in [4.69, 9.17) is 4.74 Å². The smallest absolute Gasteiger partial charge is 0.150 e. The van der Waals surface area contributed by atoms with Crippen molar-refractivity contribution in [2.75, 3.05) is 44.8 Å². The quantitative estimate of drug-likeness (QED) is 0.861.